The van der Waals surface area contributed by atoms with Crippen molar-refractivity contribution in [3.8, 4) is 11.1 Å². The van der Waals surface area contributed by atoms with Crippen LogP contribution in [0.5, 0.6) is 0 Å². The van der Waals surface area contributed by atoms with Crippen molar-refractivity contribution in [2.45, 2.75) is 6.61 Å². The van der Waals surface area contributed by atoms with Crippen molar-refractivity contribution in [2.24, 2.45) is 0 Å². The molecule has 0 aliphatic carbocycles. The summed E-state index contributed by atoms with van der Waals surface area (Å²) in [6.07, 6.45) is 3.39. The number of aliphatic hydroxyl groups excluding tert-OH is 1. The first-order valence-electron chi connectivity index (χ1n) is 4.71. The first-order chi connectivity index (χ1) is 7.31. The predicted octanol–water partition coefficient (Wildman–Crippen LogP) is 2.24. The van der Waals surface area contributed by atoms with E-state index in [4.69, 9.17) is 10.8 Å². The maximum absolute atomic E-state index is 9.17. The molecule has 1 heterocycles. The highest BCUT2D eigenvalue weighted by molar-refractivity contribution is 5.85. The van der Waals surface area contributed by atoms with Gasteiger partial charge in [-0.05, 0) is 29.3 Å². The Morgan fingerprint density at radius 3 is 2.44 bits per heavy atom. The standard InChI is InChI=1S/C12H12N2O.ClH/c13-11-3-1-9(2-4-11)12-5-6-14-7-10(12)8-15;/h1-7,15H,8,13H2;1H. The summed E-state index contributed by atoms with van der Waals surface area (Å²) < 4.78 is 0. The average Bonchev–Trinajstić information content (AvgIpc) is 2.30. The average molecular weight is 237 g/mol. The number of nitrogens with zero attached hydrogens (tertiary/aromatic N) is 1. The Kier molecular flexibility index (Phi) is 4.28. The number of hydrogen-bond acceptors (Lipinski definition) is 3. The van der Waals surface area contributed by atoms with E-state index >= 15 is 0 Å². The van der Waals surface area contributed by atoms with Crippen LogP contribution in [0.4, 0.5) is 5.69 Å². The van der Waals surface area contributed by atoms with Crippen molar-refractivity contribution in [3.63, 3.8) is 0 Å². The maximum atomic E-state index is 9.17. The van der Waals surface area contributed by atoms with Gasteiger partial charge in [0.05, 0.1) is 6.61 Å². The summed E-state index contributed by atoms with van der Waals surface area (Å²) in [4.78, 5) is 3.97. The lowest BCUT2D eigenvalue weighted by atomic mass is 10.0. The van der Waals surface area contributed by atoms with Crippen LogP contribution >= 0.6 is 12.4 Å². The Balaban J connectivity index is 0.00000128. The number of pyridine rings is 1. The van der Waals surface area contributed by atoms with Gasteiger partial charge in [-0.15, -0.1) is 12.4 Å². The van der Waals surface area contributed by atoms with E-state index in [-0.39, 0.29) is 19.0 Å². The fourth-order valence-electron chi connectivity index (χ4n) is 1.50. The van der Waals surface area contributed by atoms with Crippen LogP contribution < -0.4 is 5.73 Å². The number of nitrogen functional groups attached to an aromatic ring is 1. The molecule has 1 aromatic carbocycles. The van der Waals surface area contributed by atoms with E-state index in [0.717, 1.165) is 22.4 Å². The van der Waals surface area contributed by atoms with Crippen molar-refractivity contribution in [2.75, 3.05) is 5.73 Å². The zero-order chi connectivity index (χ0) is 10.7. The molecule has 0 bridgehead atoms. The first-order valence-corrected chi connectivity index (χ1v) is 4.71. The first kappa shape index (κ1) is 12.5. The van der Waals surface area contributed by atoms with Crippen LogP contribution in [-0.2, 0) is 6.61 Å². The van der Waals surface area contributed by atoms with Crippen LogP contribution in [0.2, 0.25) is 0 Å². The van der Waals surface area contributed by atoms with E-state index in [1.54, 1.807) is 12.4 Å². The third-order valence-corrected chi connectivity index (χ3v) is 2.30. The molecule has 0 aliphatic heterocycles. The van der Waals surface area contributed by atoms with Crippen molar-refractivity contribution < 1.29 is 5.11 Å². The molecule has 0 fully saturated rings. The third-order valence-electron chi connectivity index (χ3n) is 2.30. The van der Waals surface area contributed by atoms with Gasteiger partial charge in [-0.1, -0.05) is 12.1 Å². The molecule has 0 saturated heterocycles. The second-order valence-corrected chi connectivity index (χ2v) is 3.31. The third kappa shape index (κ3) is 2.51. The van der Waals surface area contributed by atoms with Crippen LogP contribution in [0.15, 0.2) is 42.7 Å². The molecule has 0 atom stereocenters. The summed E-state index contributed by atoms with van der Waals surface area (Å²) in [5, 5.41) is 9.17. The number of aliphatic hydroxyl groups is 1. The smallest absolute Gasteiger partial charge is 0.0702 e. The van der Waals surface area contributed by atoms with Gasteiger partial charge in [0.15, 0.2) is 0 Å². The van der Waals surface area contributed by atoms with Crippen LogP contribution in [0.3, 0.4) is 0 Å². The fraction of sp³-hybridized carbons (Fsp3) is 0.0833. The molecule has 0 aliphatic rings. The van der Waals surface area contributed by atoms with E-state index < -0.39 is 0 Å². The van der Waals surface area contributed by atoms with E-state index in [9.17, 15) is 0 Å². The Morgan fingerprint density at radius 2 is 1.81 bits per heavy atom. The molecule has 84 valence electrons. The molecule has 3 N–H and O–H groups in total. The lowest BCUT2D eigenvalue weighted by molar-refractivity contribution is 0.282. The molecule has 4 heteroatoms. The number of aromatic nitrogens is 1. The quantitative estimate of drug-likeness (QED) is 0.787. The molecule has 0 radical (unpaired) electrons. The van der Waals surface area contributed by atoms with E-state index in [0.29, 0.717) is 0 Å². The van der Waals surface area contributed by atoms with Gasteiger partial charge in [0.25, 0.3) is 0 Å². The Morgan fingerprint density at radius 1 is 1.12 bits per heavy atom. The summed E-state index contributed by atoms with van der Waals surface area (Å²) in [5.74, 6) is 0. The van der Waals surface area contributed by atoms with E-state index in [2.05, 4.69) is 4.98 Å². The largest absolute Gasteiger partial charge is 0.399 e. The SMILES string of the molecule is Cl.Nc1ccc(-c2ccncc2CO)cc1. The fourth-order valence-corrected chi connectivity index (χ4v) is 1.50. The van der Waals surface area contributed by atoms with Crippen molar-refractivity contribution >= 4 is 18.1 Å². The zero-order valence-electron chi connectivity index (χ0n) is 8.63. The second kappa shape index (κ2) is 5.49. The number of rotatable bonds is 2. The monoisotopic (exact) mass is 236 g/mol. The molecule has 0 amide bonds. The summed E-state index contributed by atoms with van der Waals surface area (Å²) in [6, 6.07) is 9.44. The van der Waals surface area contributed by atoms with Crippen LogP contribution in [0.25, 0.3) is 11.1 Å². The highest BCUT2D eigenvalue weighted by Gasteiger charge is 2.03. The molecular formula is C12H13ClN2O. The number of anilines is 1. The van der Waals surface area contributed by atoms with Crippen LogP contribution in [0, 0.1) is 0 Å². The molecular weight excluding hydrogens is 224 g/mol. The van der Waals surface area contributed by atoms with Crippen LogP contribution in [0.1, 0.15) is 5.56 Å². The summed E-state index contributed by atoms with van der Waals surface area (Å²) in [5.41, 5.74) is 9.20. The van der Waals surface area contributed by atoms with Gasteiger partial charge < -0.3 is 10.8 Å². The normalized spacial score (nSPS) is 9.56. The van der Waals surface area contributed by atoms with Gasteiger partial charge in [-0.25, -0.2) is 0 Å². The molecule has 0 unspecified atom stereocenters. The van der Waals surface area contributed by atoms with Gasteiger partial charge in [0.2, 0.25) is 0 Å². The molecule has 2 aromatic rings. The topological polar surface area (TPSA) is 59.1 Å². The van der Waals surface area contributed by atoms with Gasteiger partial charge in [0, 0.05) is 23.6 Å². The lowest BCUT2D eigenvalue weighted by Gasteiger charge is -2.06. The second-order valence-electron chi connectivity index (χ2n) is 3.31. The number of nitrogens with two attached hydrogens (primary N) is 1. The minimum Gasteiger partial charge on any atom is -0.399 e. The summed E-state index contributed by atoms with van der Waals surface area (Å²) >= 11 is 0. The van der Waals surface area contributed by atoms with Gasteiger partial charge >= 0.3 is 0 Å². The minimum atomic E-state index is -0.00640. The van der Waals surface area contributed by atoms with Crippen molar-refractivity contribution in [1.82, 2.24) is 4.98 Å². The maximum Gasteiger partial charge on any atom is 0.0702 e. The predicted molar refractivity (Wildman–Crippen MR) is 67.3 cm³/mol. The Bertz CT molecular complexity index is 457. The van der Waals surface area contributed by atoms with Gasteiger partial charge in [0.1, 0.15) is 0 Å². The lowest BCUT2D eigenvalue weighted by Crippen LogP contribution is -1.91. The number of halogens is 1. The van der Waals surface area contributed by atoms with Gasteiger partial charge in [-0.3, -0.25) is 4.98 Å². The number of hydrogen-bond donors (Lipinski definition) is 2. The summed E-state index contributed by atoms with van der Waals surface area (Å²) in [6.45, 7) is -0.00640. The number of benzene rings is 1. The minimum absolute atomic E-state index is 0. The molecule has 3 nitrogen and oxygen atoms in total. The van der Waals surface area contributed by atoms with E-state index in [1.165, 1.54) is 0 Å². The van der Waals surface area contributed by atoms with Crippen molar-refractivity contribution in [1.29, 1.82) is 0 Å². The Hall–Kier alpha value is -1.58. The molecule has 16 heavy (non-hydrogen) atoms. The zero-order valence-corrected chi connectivity index (χ0v) is 9.45. The summed E-state index contributed by atoms with van der Waals surface area (Å²) in [7, 11) is 0. The highest BCUT2D eigenvalue weighted by atomic mass is 35.5. The van der Waals surface area contributed by atoms with Crippen LogP contribution in [-0.4, -0.2) is 10.1 Å². The molecule has 1 aromatic heterocycles. The molecule has 0 spiro atoms. The van der Waals surface area contributed by atoms with Gasteiger partial charge in [-0.2, -0.15) is 0 Å². The van der Waals surface area contributed by atoms with E-state index in [1.807, 2.05) is 30.3 Å². The van der Waals surface area contributed by atoms with Crippen molar-refractivity contribution in [3.05, 3.63) is 48.3 Å². The molecule has 2 rings (SSSR count). The highest BCUT2D eigenvalue weighted by Crippen LogP contribution is 2.23. The molecule has 0 saturated carbocycles. The Labute approximate surface area is 100 Å².